The summed E-state index contributed by atoms with van der Waals surface area (Å²) in [6.45, 7) is 2.56. The summed E-state index contributed by atoms with van der Waals surface area (Å²) >= 11 is 2.99. The van der Waals surface area contributed by atoms with Gasteiger partial charge in [0, 0.05) is 23.4 Å². The summed E-state index contributed by atoms with van der Waals surface area (Å²) in [7, 11) is 1.56. The first kappa shape index (κ1) is 23.7. The van der Waals surface area contributed by atoms with E-state index in [4.69, 9.17) is 4.74 Å². The number of unbranched alkanes of at least 4 members (excludes halogenated alkanes) is 1. The molecule has 32 heavy (non-hydrogen) atoms. The molecule has 0 saturated carbocycles. The molecule has 7 nitrogen and oxygen atoms in total. The average molecular weight is 471 g/mol. The number of nitrogens with zero attached hydrogens (tertiary/aromatic N) is 2. The Hall–Kier alpha value is -2.91. The molecular weight excluding hydrogens is 444 g/mol. The molecule has 0 aliphatic carbocycles. The smallest absolute Gasteiger partial charge is 0.258 e. The minimum absolute atomic E-state index is 0.181. The molecular formula is C23H26N4O3S2. The third-order valence-electron chi connectivity index (χ3n) is 4.53. The zero-order valence-corrected chi connectivity index (χ0v) is 19.7. The summed E-state index contributed by atoms with van der Waals surface area (Å²) in [6, 6.07) is 14.6. The molecule has 2 amide bonds. The highest BCUT2D eigenvalue weighted by Crippen LogP contribution is 2.25. The number of aromatic nitrogens is 2. The van der Waals surface area contributed by atoms with Gasteiger partial charge in [0.05, 0.1) is 12.7 Å². The van der Waals surface area contributed by atoms with Gasteiger partial charge in [-0.2, -0.15) is 0 Å². The molecule has 0 bridgehead atoms. The number of amides is 2. The number of benzene rings is 2. The number of nitrogens with one attached hydrogen (secondary N) is 2. The van der Waals surface area contributed by atoms with Crippen LogP contribution < -0.4 is 15.4 Å². The summed E-state index contributed by atoms with van der Waals surface area (Å²) in [5.41, 5.74) is 1.17. The third kappa shape index (κ3) is 6.80. The zero-order valence-electron chi connectivity index (χ0n) is 18.1. The first-order valence-corrected chi connectivity index (χ1v) is 12.2. The van der Waals surface area contributed by atoms with Crippen LogP contribution in [0.1, 0.15) is 45.5 Å². The lowest BCUT2D eigenvalue weighted by atomic mass is 10.2. The zero-order chi connectivity index (χ0) is 22.8. The number of rotatable bonds is 11. The number of hydrogen-bond acceptors (Lipinski definition) is 7. The Morgan fingerprint density at radius 1 is 1.09 bits per heavy atom. The van der Waals surface area contributed by atoms with Gasteiger partial charge >= 0.3 is 0 Å². The molecule has 0 spiro atoms. The van der Waals surface area contributed by atoms with E-state index < -0.39 is 0 Å². The first-order valence-electron chi connectivity index (χ1n) is 10.4. The van der Waals surface area contributed by atoms with Crippen LogP contribution in [0.5, 0.6) is 5.75 Å². The molecule has 0 atom stereocenters. The first-order chi connectivity index (χ1) is 15.6. The second-order valence-corrected chi connectivity index (χ2v) is 9.09. The highest BCUT2D eigenvalue weighted by Gasteiger charge is 2.14. The highest BCUT2D eigenvalue weighted by atomic mass is 32.2. The van der Waals surface area contributed by atoms with Crippen LogP contribution in [0, 0.1) is 0 Å². The van der Waals surface area contributed by atoms with Crippen LogP contribution >= 0.6 is 23.1 Å². The van der Waals surface area contributed by atoms with Crippen LogP contribution in [0.15, 0.2) is 53.4 Å². The van der Waals surface area contributed by atoms with Gasteiger partial charge in [-0.3, -0.25) is 14.9 Å². The largest absolute Gasteiger partial charge is 0.497 e. The molecule has 0 unspecified atom stereocenters. The van der Waals surface area contributed by atoms with Gasteiger partial charge in [-0.1, -0.05) is 42.9 Å². The van der Waals surface area contributed by atoms with E-state index in [2.05, 4.69) is 27.8 Å². The van der Waals surface area contributed by atoms with Crippen molar-refractivity contribution in [1.29, 1.82) is 0 Å². The summed E-state index contributed by atoms with van der Waals surface area (Å²) in [4.78, 5) is 26.0. The van der Waals surface area contributed by atoms with Gasteiger partial charge in [-0.05, 0) is 42.5 Å². The minimum atomic E-state index is -0.196. The van der Waals surface area contributed by atoms with Crippen LogP contribution in [0.2, 0.25) is 0 Å². The van der Waals surface area contributed by atoms with Crippen molar-refractivity contribution < 1.29 is 14.3 Å². The number of thioether (sulfide) groups is 1. The molecule has 2 aromatic carbocycles. The highest BCUT2D eigenvalue weighted by molar-refractivity contribution is 7.99. The standard InChI is InChI=1S/C23H26N4O3S2/c1-3-4-14-31-19-11-6-5-10-18(19)22(29)25-23-27-26-20(32-23)12-13-24-21(28)16-8-7-9-17(15-16)30-2/h5-11,15H,3-4,12-14H2,1-2H3,(H,24,28)(H,25,27,29). The molecule has 0 fully saturated rings. The van der Waals surface area contributed by atoms with E-state index in [1.807, 2.05) is 24.3 Å². The van der Waals surface area contributed by atoms with Crippen molar-refractivity contribution >= 4 is 40.0 Å². The normalized spacial score (nSPS) is 10.6. The van der Waals surface area contributed by atoms with E-state index in [-0.39, 0.29) is 11.8 Å². The maximum absolute atomic E-state index is 12.7. The Kier molecular flexibility index (Phi) is 9.06. The van der Waals surface area contributed by atoms with Gasteiger partial charge in [0.1, 0.15) is 10.8 Å². The fourth-order valence-corrected chi connectivity index (χ4v) is 4.70. The minimum Gasteiger partial charge on any atom is -0.497 e. The predicted octanol–water partition coefficient (Wildman–Crippen LogP) is 4.66. The van der Waals surface area contributed by atoms with Gasteiger partial charge in [0.2, 0.25) is 5.13 Å². The second kappa shape index (κ2) is 12.2. The number of carbonyl (C=O) groups excluding carboxylic acids is 2. The Balaban J connectivity index is 1.51. The Bertz CT molecular complexity index is 1050. The van der Waals surface area contributed by atoms with Gasteiger partial charge < -0.3 is 10.1 Å². The fourth-order valence-electron chi connectivity index (χ4n) is 2.83. The van der Waals surface area contributed by atoms with Crippen LogP contribution in [0.3, 0.4) is 0 Å². The van der Waals surface area contributed by atoms with E-state index in [1.54, 1.807) is 43.1 Å². The van der Waals surface area contributed by atoms with E-state index >= 15 is 0 Å². The van der Waals surface area contributed by atoms with Crippen LogP contribution in [-0.4, -0.2) is 41.4 Å². The van der Waals surface area contributed by atoms with E-state index in [9.17, 15) is 9.59 Å². The maximum Gasteiger partial charge on any atom is 0.258 e. The van der Waals surface area contributed by atoms with Gasteiger partial charge in [0.15, 0.2) is 0 Å². The molecule has 0 saturated heterocycles. The molecule has 3 aromatic rings. The van der Waals surface area contributed by atoms with Crippen LogP contribution in [0.4, 0.5) is 5.13 Å². The fraction of sp³-hybridized carbons (Fsp3) is 0.304. The quantitative estimate of drug-likeness (QED) is 0.313. The Labute approximate surface area is 196 Å². The van der Waals surface area contributed by atoms with Crippen molar-refractivity contribution in [3.8, 4) is 5.75 Å². The van der Waals surface area contributed by atoms with Crippen molar-refractivity contribution in [1.82, 2.24) is 15.5 Å². The molecule has 1 aromatic heterocycles. The summed E-state index contributed by atoms with van der Waals surface area (Å²) in [6.07, 6.45) is 2.75. The second-order valence-electron chi connectivity index (χ2n) is 6.89. The van der Waals surface area contributed by atoms with E-state index in [0.717, 1.165) is 28.5 Å². The Morgan fingerprint density at radius 3 is 2.75 bits per heavy atom. The molecule has 168 valence electrons. The SMILES string of the molecule is CCCCSc1ccccc1C(=O)Nc1nnc(CCNC(=O)c2cccc(OC)c2)s1. The van der Waals surface area contributed by atoms with Crippen LogP contribution in [0.25, 0.3) is 0 Å². The van der Waals surface area contributed by atoms with Crippen molar-refractivity contribution in [3.05, 3.63) is 64.7 Å². The van der Waals surface area contributed by atoms with Crippen molar-refractivity contribution in [2.24, 2.45) is 0 Å². The van der Waals surface area contributed by atoms with Gasteiger partial charge in [-0.15, -0.1) is 22.0 Å². The topological polar surface area (TPSA) is 93.2 Å². The maximum atomic E-state index is 12.7. The molecule has 2 N–H and O–H groups in total. The van der Waals surface area contributed by atoms with E-state index in [0.29, 0.717) is 35.0 Å². The summed E-state index contributed by atoms with van der Waals surface area (Å²) in [5.74, 6) is 1.23. The Morgan fingerprint density at radius 2 is 1.94 bits per heavy atom. The number of ether oxygens (including phenoxy) is 1. The third-order valence-corrected chi connectivity index (χ3v) is 6.59. The van der Waals surface area contributed by atoms with Crippen molar-refractivity contribution in [2.75, 3.05) is 24.7 Å². The molecule has 0 aliphatic rings. The van der Waals surface area contributed by atoms with Crippen molar-refractivity contribution in [2.45, 2.75) is 31.1 Å². The number of hydrogen-bond donors (Lipinski definition) is 2. The molecule has 0 radical (unpaired) electrons. The summed E-state index contributed by atoms with van der Waals surface area (Å²) < 4.78 is 5.14. The van der Waals surface area contributed by atoms with Crippen molar-refractivity contribution in [3.63, 3.8) is 0 Å². The van der Waals surface area contributed by atoms with Gasteiger partial charge in [0.25, 0.3) is 11.8 Å². The number of carbonyl (C=O) groups is 2. The van der Waals surface area contributed by atoms with Gasteiger partial charge in [-0.25, -0.2) is 0 Å². The number of methoxy groups -OCH3 is 1. The average Bonchev–Trinajstić information content (AvgIpc) is 3.26. The monoisotopic (exact) mass is 470 g/mol. The van der Waals surface area contributed by atoms with E-state index in [1.165, 1.54) is 11.3 Å². The molecule has 1 heterocycles. The predicted molar refractivity (Wildman–Crippen MR) is 129 cm³/mol. The lowest BCUT2D eigenvalue weighted by Crippen LogP contribution is -2.25. The number of anilines is 1. The lowest BCUT2D eigenvalue weighted by molar-refractivity contribution is 0.0952. The molecule has 9 heteroatoms. The molecule has 0 aliphatic heterocycles. The lowest BCUT2D eigenvalue weighted by Gasteiger charge is -2.08. The molecule has 3 rings (SSSR count). The summed E-state index contributed by atoms with van der Waals surface area (Å²) in [5, 5.41) is 15.1. The van der Waals surface area contributed by atoms with Crippen LogP contribution in [-0.2, 0) is 6.42 Å².